The molecule has 4 heteroatoms. The van der Waals surface area contributed by atoms with E-state index in [-0.39, 0.29) is 11.3 Å². The summed E-state index contributed by atoms with van der Waals surface area (Å²) in [6, 6.07) is 7.48. The second-order valence-electron chi connectivity index (χ2n) is 4.54. The fraction of sp³-hybridized carbons (Fsp3) is 0.125. The zero-order valence-corrected chi connectivity index (χ0v) is 11.9. The zero-order valence-electron chi connectivity index (χ0n) is 11.1. The average molecular weight is 283 g/mol. The number of hydrogen-bond donors (Lipinski definition) is 0. The smallest absolute Gasteiger partial charge is 0.268 e. The molecule has 1 aromatic heterocycles. The van der Waals surface area contributed by atoms with Crippen LogP contribution in [0.4, 0.5) is 0 Å². The van der Waals surface area contributed by atoms with Gasteiger partial charge in [0, 0.05) is 12.1 Å². The normalized spacial score (nSPS) is 16.4. The summed E-state index contributed by atoms with van der Waals surface area (Å²) in [5, 5.41) is 0. The minimum Gasteiger partial charge on any atom is -0.299 e. The summed E-state index contributed by atoms with van der Waals surface area (Å²) in [4.78, 5) is 24.6. The maximum atomic E-state index is 12.6. The average Bonchev–Trinajstić information content (AvgIpc) is 2.75. The van der Waals surface area contributed by atoms with Crippen LogP contribution in [0.3, 0.4) is 0 Å². The number of thiazole rings is 1. The van der Waals surface area contributed by atoms with Crippen LogP contribution in [0.5, 0.6) is 0 Å². The summed E-state index contributed by atoms with van der Waals surface area (Å²) in [6.45, 7) is 6.18. The van der Waals surface area contributed by atoms with Crippen molar-refractivity contribution in [1.82, 2.24) is 4.57 Å². The van der Waals surface area contributed by atoms with Gasteiger partial charge < -0.3 is 0 Å². The molecule has 2 aromatic rings. The van der Waals surface area contributed by atoms with Crippen molar-refractivity contribution >= 4 is 35.3 Å². The van der Waals surface area contributed by atoms with Gasteiger partial charge in [0.1, 0.15) is 4.66 Å². The third-order valence-corrected chi connectivity index (χ3v) is 4.43. The minimum atomic E-state index is -0.111. The second kappa shape index (κ2) is 4.72. The lowest BCUT2D eigenvalue weighted by Crippen LogP contribution is -2.31. The van der Waals surface area contributed by atoms with Crippen molar-refractivity contribution in [3.05, 3.63) is 61.0 Å². The highest BCUT2D eigenvalue weighted by molar-refractivity contribution is 7.07. The lowest BCUT2D eigenvalue weighted by Gasteiger charge is -2.11. The minimum absolute atomic E-state index is 0.0356. The van der Waals surface area contributed by atoms with E-state index in [1.165, 1.54) is 11.3 Å². The van der Waals surface area contributed by atoms with E-state index >= 15 is 0 Å². The molecule has 0 fully saturated rings. The van der Waals surface area contributed by atoms with Crippen molar-refractivity contribution in [1.29, 1.82) is 0 Å². The highest BCUT2D eigenvalue weighted by Crippen LogP contribution is 2.22. The Labute approximate surface area is 119 Å². The standard InChI is InChI=1S/C16H13NO2S/c1-3-17-15(19)10(2)20-16(17)13-9-8-11-6-4-5-7-12(11)14(13)18/h4-9H,2-3H2,1H3/b16-13+. The topological polar surface area (TPSA) is 39.1 Å². The van der Waals surface area contributed by atoms with Crippen LogP contribution in [-0.4, -0.2) is 10.4 Å². The van der Waals surface area contributed by atoms with Gasteiger partial charge in [-0.1, -0.05) is 36.9 Å². The van der Waals surface area contributed by atoms with Crippen LogP contribution < -0.4 is 14.8 Å². The molecule has 20 heavy (non-hydrogen) atoms. The van der Waals surface area contributed by atoms with Crippen LogP contribution in [0.15, 0.2) is 35.1 Å². The maximum absolute atomic E-state index is 12.6. The third kappa shape index (κ3) is 1.80. The largest absolute Gasteiger partial charge is 0.299 e. The van der Waals surface area contributed by atoms with Crippen molar-refractivity contribution in [3.8, 4) is 0 Å². The second-order valence-corrected chi connectivity index (χ2v) is 5.63. The van der Waals surface area contributed by atoms with Crippen LogP contribution in [0.25, 0.3) is 18.2 Å². The number of rotatable bonds is 1. The Bertz CT molecular complexity index is 899. The summed E-state index contributed by atoms with van der Waals surface area (Å²) < 4.78 is 2.77. The molecular formula is C16H13NO2S. The van der Waals surface area contributed by atoms with E-state index in [2.05, 4.69) is 6.58 Å². The van der Waals surface area contributed by atoms with E-state index in [0.29, 0.717) is 26.9 Å². The van der Waals surface area contributed by atoms with Crippen LogP contribution in [-0.2, 0) is 6.54 Å². The van der Waals surface area contributed by atoms with Crippen LogP contribution in [0.2, 0.25) is 0 Å². The molecule has 0 aliphatic heterocycles. The van der Waals surface area contributed by atoms with Crippen molar-refractivity contribution in [2.75, 3.05) is 0 Å². The monoisotopic (exact) mass is 283 g/mol. The van der Waals surface area contributed by atoms with Gasteiger partial charge in [-0.05, 0) is 18.6 Å². The predicted molar refractivity (Wildman–Crippen MR) is 82.2 cm³/mol. The quantitative estimate of drug-likeness (QED) is 0.793. The van der Waals surface area contributed by atoms with Crippen LogP contribution in [0.1, 0.15) is 22.8 Å². The number of carbonyl (C=O) groups is 1. The number of Topliss-reactive ketones (excluding diaryl/α,β-unsaturated/α-hetero) is 1. The Morgan fingerprint density at radius 1 is 1.20 bits per heavy atom. The molecule has 1 aliphatic rings. The van der Waals surface area contributed by atoms with E-state index in [1.54, 1.807) is 10.6 Å². The van der Waals surface area contributed by atoms with Crippen LogP contribution in [0, 0.1) is 0 Å². The lowest BCUT2D eigenvalue weighted by molar-refractivity contribution is 0.105. The van der Waals surface area contributed by atoms with Gasteiger partial charge in [0.15, 0.2) is 5.78 Å². The first kappa shape index (κ1) is 12.8. The number of ketones is 1. The lowest BCUT2D eigenvalue weighted by atomic mass is 9.93. The fourth-order valence-corrected chi connectivity index (χ4v) is 3.38. The van der Waals surface area contributed by atoms with Gasteiger partial charge in [-0.2, -0.15) is 0 Å². The van der Waals surface area contributed by atoms with Crippen molar-refractivity contribution in [2.45, 2.75) is 13.5 Å². The number of benzene rings is 1. The van der Waals surface area contributed by atoms with Gasteiger partial charge in [-0.15, -0.1) is 11.3 Å². The summed E-state index contributed by atoms with van der Waals surface area (Å²) >= 11 is 1.28. The first-order chi connectivity index (χ1) is 9.63. The Hall–Kier alpha value is -2.20. The molecule has 0 saturated carbocycles. The number of nitrogens with zero attached hydrogens (tertiary/aromatic N) is 1. The molecule has 0 atom stereocenters. The first-order valence-electron chi connectivity index (χ1n) is 6.38. The van der Waals surface area contributed by atoms with E-state index in [4.69, 9.17) is 0 Å². The molecule has 0 unspecified atom stereocenters. The Morgan fingerprint density at radius 2 is 1.95 bits per heavy atom. The molecule has 3 nitrogen and oxygen atoms in total. The van der Waals surface area contributed by atoms with Gasteiger partial charge in [0.05, 0.1) is 10.1 Å². The first-order valence-corrected chi connectivity index (χ1v) is 7.20. The van der Waals surface area contributed by atoms with Gasteiger partial charge in [0.25, 0.3) is 5.56 Å². The number of allylic oxidation sites excluding steroid dienone is 1. The number of aromatic nitrogens is 1. The predicted octanol–water partition coefficient (Wildman–Crippen LogP) is 1.40. The van der Waals surface area contributed by atoms with Crippen molar-refractivity contribution in [2.24, 2.45) is 0 Å². The summed E-state index contributed by atoms with van der Waals surface area (Å²) in [7, 11) is 0. The molecule has 1 aromatic carbocycles. The SMILES string of the molecule is C=c1s/c(=C2\C=Cc3ccccc3C2=O)n(CC)c1=O. The maximum Gasteiger partial charge on any atom is 0.268 e. The molecule has 0 spiro atoms. The highest BCUT2D eigenvalue weighted by Gasteiger charge is 2.20. The van der Waals surface area contributed by atoms with Gasteiger partial charge in [0.2, 0.25) is 0 Å². The number of carbonyl (C=O) groups excluding carboxylic acids is 1. The summed E-state index contributed by atoms with van der Waals surface area (Å²) in [6.07, 6.45) is 3.71. The number of fused-ring (bicyclic) bond motifs is 1. The van der Waals surface area contributed by atoms with Gasteiger partial charge in [-0.25, -0.2) is 0 Å². The van der Waals surface area contributed by atoms with E-state index in [9.17, 15) is 9.59 Å². The Morgan fingerprint density at radius 3 is 2.70 bits per heavy atom. The van der Waals surface area contributed by atoms with Crippen molar-refractivity contribution in [3.63, 3.8) is 0 Å². The molecule has 0 amide bonds. The van der Waals surface area contributed by atoms with E-state index in [1.807, 2.05) is 37.3 Å². The molecule has 0 bridgehead atoms. The molecule has 1 aliphatic carbocycles. The molecule has 3 rings (SSSR count). The van der Waals surface area contributed by atoms with Crippen LogP contribution >= 0.6 is 11.3 Å². The summed E-state index contributed by atoms with van der Waals surface area (Å²) in [5.74, 6) is -0.0356. The third-order valence-electron chi connectivity index (χ3n) is 3.37. The van der Waals surface area contributed by atoms with Gasteiger partial charge >= 0.3 is 0 Å². The van der Waals surface area contributed by atoms with Gasteiger partial charge in [-0.3, -0.25) is 14.2 Å². The molecule has 0 radical (unpaired) electrons. The Balaban J connectivity index is 2.36. The van der Waals surface area contributed by atoms with E-state index < -0.39 is 0 Å². The zero-order chi connectivity index (χ0) is 14.3. The summed E-state index contributed by atoms with van der Waals surface area (Å²) in [5.41, 5.74) is 2.06. The Kier molecular flexibility index (Phi) is 3.03. The molecule has 1 heterocycles. The molecule has 0 saturated heterocycles. The van der Waals surface area contributed by atoms with E-state index in [0.717, 1.165) is 5.56 Å². The van der Waals surface area contributed by atoms with Crippen molar-refractivity contribution < 1.29 is 4.79 Å². The molecule has 100 valence electrons. The molecular weight excluding hydrogens is 270 g/mol. The fourth-order valence-electron chi connectivity index (χ4n) is 2.36. The highest BCUT2D eigenvalue weighted by atomic mass is 32.1. The molecule has 0 N–H and O–H groups in total. The number of hydrogen-bond acceptors (Lipinski definition) is 3.